The highest BCUT2D eigenvalue weighted by Crippen LogP contribution is 2.34. The number of ether oxygens (including phenoxy) is 2. The number of likely N-dealkylation sites (N-methyl/N-ethyl adjacent to an activating group) is 1. The fourth-order valence-electron chi connectivity index (χ4n) is 3.42. The first-order valence-electron chi connectivity index (χ1n) is 9.12. The summed E-state index contributed by atoms with van der Waals surface area (Å²) in [6.07, 6.45) is 0. The largest absolute Gasteiger partial charge is 0.454 e. The van der Waals surface area contributed by atoms with Gasteiger partial charge >= 0.3 is 0 Å². The van der Waals surface area contributed by atoms with Crippen molar-refractivity contribution in [2.75, 3.05) is 23.6 Å². The molecule has 1 heterocycles. The Balaban J connectivity index is 1.58. The minimum atomic E-state index is -0.385. The Labute approximate surface area is 158 Å². The first kappa shape index (κ1) is 17.2. The second kappa shape index (κ2) is 7.19. The third-order valence-corrected chi connectivity index (χ3v) is 4.77. The molecule has 3 aromatic rings. The first-order valence-corrected chi connectivity index (χ1v) is 9.12. The van der Waals surface area contributed by atoms with Crippen LogP contribution >= 0.6 is 0 Å². The van der Waals surface area contributed by atoms with E-state index in [0.717, 1.165) is 27.9 Å². The number of hydrogen-bond donors (Lipinski definition) is 1. The molecular weight excluding hydrogens is 340 g/mol. The molecule has 1 N–H and O–H groups in total. The second-order valence-electron chi connectivity index (χ2n) is 6.51. The molecule has 1 aliphatic heterocycles. The number of amides is 1. The molecule has 27 heavy (non-hydrogen) atoms. The van der Waals surface area contributed by atoms with Crippen molar-refractivity contribution in [3.63, 3.8) is 0 Å². The van der Waals surface area contributed by atoms with Crippen molar-refractivity contribution in [1.29, 1.82) is 0 Å². The molecule has 0 fully saturated rings. The maximum atomic E-state index is 13.2. The summed E-state index contributed by atoms with van der Waals surface area (Å²) in [7, 11) is 0. The number of nitrogens with one attached hydrogen (secondary N) is 1. The smallest absolute Gasteiger partial charge is 0.249 e. The van der Waals surface area contributed by atoms with Crippen molar-refractivity contribution in [2.24, 2.45) is 0 Å². The molecule has 0 unspecified atom stereocenters. The average molecular weight is 362 g/mol. The third-order valence-electron chi connectivity index (χ3n) is 4.77. The van der Waals surface area contributed by atoms with Gasteiger partial charge in [0.25, 0.3) is 0 Å². The number of benzene rings is 3. The van der Waals surface area contributed by atoms with Gasteiger partial charge in [0, 0.05) is 23.7 Å². The molecular formula is C22H22N2O3. The number of hydrogen-bond acceptors (Lipinski definition) is 4. The quantitative estimate of drug-likeness (QED) is 0.730. The van der Waals surface area contributed by atoms with Gasteiger partial charge in [-0.05, 0) is 37.4 Å². The molecule has 138 valence electrons. The first-order chi connectivity index (χ1) is 13.2. The van der Waals surface area contributed by atoms with Gasteiger partial charge in [-0.1, -0.05) is 36.4 Å². The normalized spacial score (nSPS) is 13.4. The summed E-state index contributed by atoms with van der Waals surface area (Å²) in [5, 5.41) is 5.47. The molecule has 0 saturated heterocycles. The summed E-state index contributed by atoms with van der Waals surface area (Å²) >= 11 is 0. The van der Waals surface area contributed by atoms with Crippen LogP contribution in [0.25, 0.3) is 10.8 Å². The minimum absolute atomic E-state index is 0.0199. The van der Waals surface area contributed by atoms with E-state index in [1.165, 1.54) is 0 Å². The summed E-state index contributed by atoms with van der Waals surface area (Å²) in [4.78, 5) is 15.0. The Kier molecular flexibility index (Phi) is 4.59. The number of anilines is 2. The maximum absolute atomic E-state index is 13.2. The van der Waals surface area contributed by atoms with Crippen molar-refractivity contribution in [1.82, 2.24) is 0 Å². The molecule has 0 spiro atoms. The van der Waals surface area contributed by atoms with Crippen LogP contribution in [0.3, 0.4) is 0 Å². The Hall–Kier alpha value is -3.21. The Morgan fingerprint density at radius 3 is 2.70 bits per heavy atom. The van der Waals surface area contributed by atoms with E-state index in [0.29, 0.717) is 12.3 Å². The lowest BCUT2D eigenvalue weighted by molar-refractivity contribution is -0.118. The Morgan fingerprint density at radius 2 is 1.85 bits per heavy atom. The van der Waals surface area contributed by atoms with Crippen LogP contribution in [-0.2, 0) is 4.79 Å². The fourth-order valence-corrected chi connectivity index (χ4v) is 3.42. The topological polar surface area (TPSA) is 50.8 Å². The van der Waals surface area contributed by atoms with E-state index in [2.05, 4.69) is 23.5 Å². The summed E-state index contributed by atoms with van der Waals surface area (Å²) in [6, 6.07) is 19.4. The molecule has 1 amide bonds. The van der Waals surface area contributed by atoms with E-state index in [1.807, 2.05) is 61.2 Å². The predicted octanol–water partition coefficient (Wildman–Crippen LogP) is 4.42. The van der Waals surface area contributed by atoms with Gasteiger partial charge in [0.15, 0.2) is 11.5 Å². The molecule has 3 aromatic carbocycles. The van der Waals surface area contributed by atoms with E-state index < -0.39 is 0 Å². The number of carbonyl (C=O) groups is 1. The van der Waals surface area contributed by atoms with Crippen molar-refractivity contribution >= 4 is 28.1 Å². The van der Waals surface area contributed by atoms with Crippen molar-refractivity contribution in [3.05, 3.63) is 60.7 Å². The van der Waals surface area contributed by atoms with Gasteiger partial charge in [0.05, 0.1) is 5.69 Å². The SMILES string of the molecule is CCN(C(=O)[C@H](C)Nc1ccc2c(c1)OCO2)c1cccc2ccccc12. The van der Waals surface area contributed by atoms with E-state index in [9.17, 15) is 4.79 Å². The highest BCUT2D eigenvalue weighted by Gasteiger charge is 2.23. The molecule has 1 atom stereocenters. The highest BCUT2D eigenvalue weighted by molar-refractivity contribution is 6.06. The zero-order valence-corrected chi connectivity index (χ0v) is 15.4. The molecule has 0 aliphatic carbocycles. The van der Waals surface area contributed by atoms with Crippen LogP contribution in [0.2, 0.25) is 0 Å². The van der Waals surface area contributed by atoms with E-state index in [4.69, 9.17) is 9.47 Å². The molecule has 1 aliphatic rings. The van der Waals surface area contributed by atoms with Gasteiger partial charge in [0.1, 0.15) is 6.04 Å². The van der Waals surface area contributed by atoms with Crippen molar-refractivity contribution in [3.8, 4) is 11.5 Å². The van der Waals surface area contributed by atoms with Gasteiger partial charge in [0.2, 0.25) is 12.7 Å². The summed E-state index contributed by atoms with van der Waals surface area (Å²) in [5.74, 6) is 1.44. The lowest BCUT2D eigenvalue weighted by atomic mass is 10.1. The predicted molar refractivity (Wildman–Crippen MR) is 108 cm³/mol. The Morgan fingerprint density at radius 1 is 1.07 bits per heavy atom. The lowest BCUT2D eigenvalue weighted by Gasteiger charge is -2.27. The number of nitrogens with zero attached hydrogens (tertiary/aromatic N) is 1. The number of rotatable bonds is 5. The molecule has 0 radical (unpaired) electrons. The van der Waals surface area contributed by atoms with E-state index >= 15 is 0 Å². The summed E-state index contributed by atoms with van der Waals surface area (Å²) in [5.41, 5.74) is 1.76. The van der Waals surface area contributed by atoms with E-state index in [1.54, 1.807) is 0 Å². The van der Waals surface area contributed by atoms with Crippen molar-refractivity contribution in [2.45, 2.75) is 19.9 Å². The monoisotopic (exact) mass is 362 g/mol. The summed E-state index contributed by atoms with van der Waals surface area (Å²) < 4.78 is 10.7. The van der Waals surface area contributed by atoms with Crippen LogP contribution in [0.15, 0.2) is 60.7 Å². The van der Waals surface area contributed by atoms with Crippen LogP contribution < -0.4 is 19.7 Å². The van der Waals surface area contributed by atoms with Gasteiger partial charge in [-0.2, -0.15) is 0 Å². The second-order valence-corrected chi connectivity index (χ2v) is 6.51. The molecule has 5 heteroatoms. The van der Waals surface area contributed by atoms with Crippen molar-refractivity contribution < 1.29 is 14.3 Å². The third kappa shape index (κ3) is 3.28. The zero-order chi connectivity index (χ0) is 18.8. The van der Waals surface area contributed by atoms with Gasteiger partial charge < -0.3 is 19.7 Å². The lowest BCUT2D eigenvalue weighted by Crippen LogP contribution is -2.41. The van der Waals surface area contributed by atoms with Crippen LogP contribution in [0.4, 0.5) is 11.4 Å². The molecule has 0 aromatic heterocycles. The molecule has 0 saturated carbocycles. The number of carbonyl (C=O) groups excluding carboxylic acids is 1. The number of fused-ring (bicyclic) bond motifs is 2. The maximum Gasteiger partial charge on any atom is 0.249 e. The van der Waals surface area contributed by atoms with E-state index in [-0.39, 0.29) is 18.7 Å². The van der Waals surface area contributed by atoms with Crippen LogP contribution in [0.1, 0.15) is 13.8 Å². The van der Waals surface area contributed by atoms with Gasteiger partial charge in [-0.25, -0.2) is 0 Å². The summed E-state index contributed by atoms with van der Waals surface area (Å²) in [6.45, 7) is 4.70. The van der Waals surface area contributed by atoms with Gasteiger partial charge in [-0.15, -0.1) is 0 Å². The molecule has 4 rings (SSSR count). The Bertz CT molecular complexity index is 981. The highest BCUT2D eigenvalue weighted by atomic mass is 16.7. The molecule has 0 bridgehead atoms. The zero-order valence-electron chi connectivity index (χ0n) is 15.4. The standard InChI is InChI=1S/C22H22N2O3/c1-3-24(19-10-6-8-16-7-4-5-9-18(16)19)22(25)15(2)23-17-11-12-20-21(13-17)27-14-26-20/h4-13,15,23H,3,14H2,1-2H3/t15-/m0/s1. The minimum Gasteiger partial charge on any atom is -0.454 e. The van der Waals surface area contributed by atoms with Crippen LogP contribution in [0, 0.1) is 0 Å². The fraction of sp³-hybridized carbons (Fsp3) is 0.227. The van der Waals surface area contributed by atoms with Crippen LogP contribution in [0.5, 0.6) is 11.5 Å². The van der Waals surface area contributed by atoms with Crippen LogP contribution in [-0.4, -0.2) is 25.3 Å². The van der Waals surface area contributed by atoms with Gasteiger partial charge in [-0.3, -0.25) is 4.79 Å². The average Bonchev–Trinajstić information content (AvgIpc) is 3.16. The molecule has 5 nitrogen and oxygen atoms in total.